The Labute approximate surface area is 108 Å². The van der Waals surface area contributed by atoms with E-state index in [4.69, 9.17) is 11.6 Å². The molecule has 1 amide bonds. The van der Waals surface area contributed by atoms with Crippen LogP contribution < -0.4 is 0 Å². The normalized spacial score (nSPS) is 19.6. The van der Waals surface area contributed by atoms with Crippen molar-refractivity contribution in [3.05, 3.63) is 34.9 Å². The van der Waals surface area contributed by atoms with Crippen molar-refractivity contribution in [1.29, 1.82) is 0 Å². The highest BCUT2D eigenvalue weighted by Gasteiger charge is 2.26. The van der Waals surface area contributed by atoms with Crippen LogP contribution in [0.5, 0.6) is 0 Å². The molecule has 1 heterocycles. The minimum Gasteiger partial charge on any atom is -0.339 e. The molecule has 1 saturated heterocycles. The van der Waals surface area contributed by atoms with Crippen LogP contribution in [0, 0.1) is 0 Å². The zero-order chi connectivity index (χ0) is 12.3. The van der Waals surface area contributed by atoms with E-state index in [2.05, 4.69) is 6.92 Å². The highest BCUT2D eigenvalue weighted by Crippen LogP contribution is 2.21. The second-order valence-corrected chi connectivity index (χ2v) is 5.03. The number of amides is 1. The highest BCUT2D eigenvalue weighted by atomic mass is 35.5. The van der Waals surface area contributed by atoms with Crippen LogP contribution in [0.15, 0.2) is 24.3 Å². The third-order valence-corrected chi connectivity index (χ3v) is 3.65. The summed E-state index contributed by atoms with van der Waals surface area (Å²) >= 11 is 5.92. The number of halogens is 1. The van der Waals surface area contributed by atoms with Crippen molar-refractivity contribution in [3.63, 3.8) is 0 Å². The molecule has 1 aromatic carbocycles. The molecule has 1 aromatic rings. The van der Waals surface area contributed by atoms with Gasteiger partial charge in [-0.25, -0.2) is 0 Å². The Bertz CT molecular complexity index is 405. The molecular formula is C14H18ClNO. The molecule has 92 valence electrons. The molecule has 3 heteroatoms. The Hall–Kier alpha value is -1.02. The number of hydrogen-bond donors (Lipinski definition) is 0. The lowest BCUT2D eigenvalue weighted by Gasteiger charge is -2.23. The first-order valence-corrected chi connectivity index (χ1v) is 6.62. The number of likely N-dealkylation sites (tertiary alicyclic amines) is 1. The molecule has 0 aliphatic carbocycles. The van der Waals surface area contributed by atoms with Gasteiger partial charge in [0, 0.05) is 17.6 Å². The minimum atomic E-state index is 0.233. The standard InChI is InChI=1S/C14H18ClNO/c1-2-13-7-4-8-16(13)14(17)10-11-5-3-6-12(15)9-11/h3,5-6,9,13H,2,4,7-8,10H2,1H3. The molecule has 0 spiro atoms. The lowest BCUT2D eigenvalue weighted by atomic mass is 10.1. The third kappa shape index (κ3) is 3.01. The molecule has 2 rings (SSSR count). The van der Waals surface area contributed by atoms with E-state index in [1.165, 1.54) is 0 Å². The van der Waals surface area contributed by atoms with Gasteiger partial charge in [0.1, 0.15) is 0 Å². The quantitative estimate of drug-likeness (QED) is 0.807. The number of rotatable bonds is 3. The van der Waals surface area contributed by atoms with Crippen LogP contribution >= 0.6 is 11.6 Å². The summed E-state index contributed by atoms with van der Waals surface area (Å²) in [6, 6.07) is 8.01. The van der Waals surface area contributed by atoms with E-state index in [-0.39, 0.29) is 5.91 Å². The van der Waals surface area contributed by atoms with Crippen molar-refractivity contribution < 1.29 is 4.79 Å². The van der Waals surface area contributed by atoms with E-state index in [1.54, 1.807) is 0 Å². The van der Waals surface area contributed by atoms with E-state index in [0.717, 1.165) is 31.4 Å². The fourth-order valence-electron chi connectivity index (χ4n) is 2.51. The molecule has 0 N–H and O–H groups in total. The van der Waals surface area contributed by atoms with Crippen molar-refractivity contribution in [1.82, 2.24) is 4.90 Å². The number of carbonyl (C=O) groups excluding carboxylic acids is 1. The SMILES string of the molecule is CCC1CCCN1C(=O)Cc1cccc(Cl)c1. The predicted molar refractivity (Wildman–Crippen MR) is 70.2 cm³/mol. The van der Waals surface area contributed by atoms with Crippen molar-refractivity contribution in [2.45, 2.75) is 38.6 Å². The van der Waals surface area contributed by atoms with Crippen LogP contribution in [0.4, 0.5) is 0 Å². The monoisotopic (exact) mass is 251 g/mol. The van der Waals surface area contributed by atoms with Crippen molar-refractivity contribution >= 4 is 17.5 Å². The molecule has 1 unspecified atom stereocenters. The van der Waals surface area contributed by atoms with Gasteiger partial charge in [-0.2, -0.15) is 0 Å². The molecule has 1 atom stereocenters. The smallest absolute Gasteiger partial charge is 0.227 e. The average Bonchev–Trinajstić information content (AvgIpc) is 2.77. The van der Waals surface area contributed by atoms with Crippen LogP contribution in [0.25, 0.3) is 0 Å². The summed E-state index contributed by atoms with van der Waals surface area (Å²) in [5, 5.41) is 0.698. The van der Waals surface area contributed by atoms with E-state index >= 15 is 0 Å². The molecule has 0 saturated carbocycles. The maximum absolute atomic E-state index is 12.2. The first-order chi connectivity index (χ1) is 8.20. The van der Waals surface area contributed by atoms with Gasteiger partial charge in [-0.05, 0) is 37.0 Å². The summed E-state index contributed by atoms with van der Waals surface area (Å²) in [7, 11) is 0. The average molecular weight is 252 g/mol. The largest absolute Gasteiger partial charge is 0.339 e. The number of benzene rings is 1. The van der Waals surface area contributed by atoms with Crippen molar-refractivity contribution in [2.24, 2.45) is 0 Å². The zero-order valence-electron chi connectivity index (χ0n) is 10.2. The molecule has 1 aliphatic rings. The summed E-state index contributed by atoms with van der Waals surface area (Å²) in [6.07, 6.45) is 3.82. The maximum Gasteiger partial charge on any atom is 0.227 e. The van der Waals surface area contributed by atoms with Gasteiger partial charge < -0.3 is 4.90 Å². The molecular weight excluding hydrogens is 234 g/mol. The lowest BCUT2D eigenvalue weighted by Crippen LogP contribution is -2.36. The Morgan fingerprint density at radius 3 is 3.06 bits per heavy atom. The van der Waals surface area contributed by atoms with E-state index in [9.17, 15) is 4.79 Å². The van der Waals surface area contributed by atoms with Crippen molar-refractivity contribution in [3.8, 4) is 0 Å². The topological polar surface area (TPSA) is 20.3 Å². The molecule has 0 bridgehead atoms. The van der Waals surface area contributed by atoms with Crippen LogP contribution in [0.2, 0.25) is 5.02 Å². The van der Waals surface area contributed by atoms with Crippen LogP contribution in [0.3, 0.4) is 0 Å². The fraction of sp³-hybridized carbons (Fsp3) is 0.500. The molecule has 0 radical (unpaired) electrons. The van der Waals surface area contributed by atoms with Gasteiger partial charge in [-0.15, -0.1) is 0 Å². The summed E-state index contributed by atoms with van der Waals surface area (Å²) in [5.74, 6) is 0.233. The maximum atomic E-state index is 12.2. The molecule has 0 aromatic heterocycles. The fourth-order valence-corrected chi connectivity index (χ4v) is 2.72. The second kappa shape index (κ2) is 5.54. The van der Waals surface area contributed by atoms with Crippen LogP contribution in [0.1, 0.15) is 31.7 Å². The van der Waals surface area contributed by atoms with Gasteiger partial charge in [0.2, 0.25) is 5.91 Å². The summed E-state index contributed by atoms with van der Waals surface area (Å²) in [5.41, 5.74) is 1.00. The first kappa shape index (κ1) is 12.4. The lowest BCUT2D eigenvalue weighted by molar-refractivity contribution is -0.131. The Balaban J connectivity index is 2.01. The van der Waals surface area contributed by atoms with Gasteiger partial charge in [0.05, 0.1) is 6.42 Å². The van der Waals surface area contributed by atoms with Gasteiger partial charge in [0.15, 0.2) is 0 Å². The van der Waals surface area contributed by atoms with Gasteiger partial charge in [0.25, 0.3) is 0 Å². The highest BCUT2D eigenvalue weighted by molar-refractivity contribution is 6.30. The molecule has 2 nitrogen and oxygen atoms in total. The summed E-state index contributed by atoms with van der Waals surface area (Å²) in [4.78, 5) is 14.2. The summed E-state index contributed by atoms with van der Waals surface area (Å²) in [6.45, 7) is 3.06. The van der Waals surface area contributed by atoms with Gasteiger partial charge in [-0.3, -0.25) is 4.79 Å². The van der Waals surface area contributed by atoms with Crippen LogP contribution in [-0.4, -0.2) is 23.4 Å². The predicted octanol–water partition coefficient (Wildman–Crippen LogP) is 3.28. The van der Waals surface area contributed by atoms with E-state index < -0.39 is 0 Å². The van der Waals surface area contributed by atoms with E-state index in [1.807, 2.05) is 29.2 Å². The van der Waals surface area contributed by atoms with Gasteiger partial charge in [-0.1, -0.05) is 30.7 Å². The summed E-state index contributed by atoms with van der Waals surface area (Å²) < 4.78 is 0. The third-order valence-electron chi connectivity index (χ3n) is 3.41. The molecule has 1 aliphatic heterocycles. The van der Waals surface area contributed by atoms with E-state index in [0.29, 0.717) is 17.5 Å². The Morgan fingerprint density at radius 1 is 1.53 bits per heavy atom. The second-order valence-electron chi connectivity index (χ2n) is 4.60. The number of hydrogen-bond acceptors (Lipinski definition) is 1. The Kier molecular flexibility index (Phi) is 4.06. The van der Waals surface area contributed by atoms with Gasteiger partial charge >= 0.3 is 0 Å². The zero-order valence-corrected chi connectivity index (χ0v) is 10.9. The number of nitrogens with zero attached hydrogens (tertiary/aromatic N) is 1. The Morgan fingerprint density at radius 2 is 2.35 bits per heavy atom. The van der Waals surface area contributed by atoms with Crippen LogP contribution in [-0.2, 0) is 11.2 Å². The molecule has 17 heavy (non-hydrogen) atoms. The minimum absolute atomic E-state index is 0.233. The number of carbonyl (C=O) groups is 1. The molecule has 1 fully saturated rings. The van der Waals surface area contributed by atoms with Crippen molar-refractivity contribution in [2.75, 3.05) is 6.54 Å². The first-order valence-electron chi connectivity index (χ1n) is 6.24.